The SMILES string of the molecule is CC(C)(C)OC(=O)C[C@@H](CSSC(C)(C)C)NC(=O)OC(C)(C)C. The van der Waals surface area contributed by atoms with Crippen LogP contribution in [0.4, 0.5) is 4.79 Å². The number of amides is 1. The molecule has 0 saturated carbocycles. The van der Waals surface area contributed by atoms with E-state index in [4.69, 9.17) is 9.47 Å². The van der Waals surface area contributed by atoms with Gasteiger partial charge >= 0.3 is 12.1 Å². The summed E-state index contributed by atoms with van der Waals surface area (Å²) < 4.78 is 10.7. The van der Waals surface area contributed by atoms with E-state index in [0.29, 0.717) is 5.75 Å². The average molecular weight is 380 g/mol. The lowest BCUT2D eigenvalue weighted by Gasteiger charge is -2.25. The summed E-state index contributed by atoms with van der Waals surface area (Å²) in [5.74, 6) is 0.269. The first-order chi connectivity index (χ1) is 10.6. The van der Waals surface area contributed by atoms with Crippen molar-refractivity contribution in [1.29, 1.82) is 0 Å². The molecule has 0 radical (unpaired) electrons. The van der Waals surface area contributed by atoms with E-state index in [0.717, 1.165) is 0 Å². The van der Waals surface area contributed by atoms with Gasteiger partial charge < -0.3 is 14.8 Å². The molecule has 1 atom stereocenters. The monoisotopic (exact) mass is 379 g/mol. The molecule has 1 N–H and O–H groups in total. The van der Waals surface area contributed by atoms with Crippen LogP contribution in [0.25, 0.3) is 0 Å². The molecule has 0 aliphatic rings. The molecule has 5 nitrogen and oxygen atoms in total. The van der Waals surface area contributed by atoms with E-state index in [1.165, 1.54) is 0 Å². The second kappa shape index (κ2) is 9.22. The Kier molecular flexibility index (Phi) is 9.01. The van der Waals surface area contributed by atoms with Crippen LogP contribution < -0.4 is 5.32 Å². The van der Waals surface area contributed by atoms with Crippen molar-refractivity contribution in [2.24, 2.45) is 0 Å². The second-order valence-corrected chi connectivity index (χ2v) is 11.8. The lowest BCUT2D eigenvalue weighted by Crippen LogP contribution is -2.42. The fourth-order valence-electron chi connectivity index (χ4n) is 1.50. The van der Waals surface area contributed by atoms with E-state index in [-0.39, 0.29) is 23.2 Å². The van der Waals surface area contributed by atoms with Gasteiger partial charge in [0.25, 0.3) is 0 Å². The molecule has 0 spiro atoms. The van der Waals surface area contributed by atoms with Crippen molar-refractivity contribution < 1.29 is 19.1 Å². The van der Waals surface area contributed by atoms with Crippen LogP contribution in [0, 0.1) is 0 Å². The predicted molar refractivity (Wildman–Crippen MR) is 103 cm³/mol. The minimum absolute atomic E-state index is 0.104. The highest BCUT2D eigenvalue weighted by Gasteiger charge is 2.25. The topological polar surface area (TPSA) is 64.6 Å². The molecule has 142 valence electrons. The van der Waals surface area contributed by atoms with Crippen molar-refractivity contribution in [3.05, 3.63) is 0 Å². The van der Waals surface area contributed by atoms with E-state index in [2.05, 4.69) is 26.1 Å². The zero-order chi connectivity index (χ0) is 19.2. The Morgan fingerprint density at radius 3 is 1.83 bits per heavy atom. The number of alkyl carbamates (subject to hydrolysis) is 1. The maximum Gasteiger partial charge on any atom is 0.407 e. The molecule has 0 fully saturated rings. The van der Waals surface area contributed by atoms with E-state index < -0.39 is 17.3 Å². The van der Waals surface area contributed by atoms with Crippen molar-refractivity contribution in [2.45, 2.75) is 90.7 Å². The first-order valence-electron chi connectivity index (χ1n) is 8.09. The number of rotatable bonds is 6. The highest BCUT2D eigenvalue weighted by Crippen LogP contribution is 2.35. The maximum atomic E-state index is 12.1. The van der Waals surface area contributed by atoms with Gasteiger partial charge in [-0.25, -0.2) is 4.79 Å². The molecule has 7 heteroatoms. The third kappa shape index (κ3) is 15.0. The summed E-state index contributed by atoms with van der Waals surface area (Å²) in [6, 6.07) is -0.338. The van der Waals surface area contributed by atoms with Gasteiger partial charge in [0.15, 0.2) is 0 Å². The zero-order valence-electron chi connectivity index (χ0n) is 16.4. The van der Waals surface area contributed by atoms with Crippen molar-refractivity contribution in [2.75, 3.05) is 5.75 Å². The lowest BCUT2D eigenvalue weighted by atomic mass is 10.2. The summed E-state index contributed by atoms with van der Waals surface area (Å²) in [4.78, 5) is 24.1. The Morgan fingerprint density at radius 1 is 0.917 bits per heavy atom. The molecule has 0 aromatic heterocycles. The van der Waals surface area contributed by atoms with Crippen LogP contribution in [0.3, 0.4) is 0 Å². The van der Waals surface area contributed by atoms with Crippen LogP contribution in [-0.4, -0.2) is 39.8 Å². The van der Waals surface area contributed by atoms with Gasteiger partial charge in [-0.15, -0.1) is 0 Å². The Bertz CT molecular complexity index is 390. The van der Waals surface area contributed by atoms with Gasteiger partial charge in [0.2, 0.25) is 0 Å². The highest BCUT2D eigenvalue weighted by atomic mass is 33.1. The van der Waals surface area contributed by atoms with Crippen LogP contribution in [-0.2, 0) is 14.3 Å². The molecule has 0 aliphatic carbocycles. The summed E-state index contributed by atoms with van der Waals surface area (Å²) in [5, 5.41) is 2.78. The molecule has 0 aliphatic heterocycles. The Morgan fingerprint density at radius 2 is 1.42 bits per heavy atom. The Labute approximate surface area is 154 Å². The van der Waals surface area contributed by atoms with E-state index >= 15 is 0 Å². The number of ether oxygens (including phenoxy) is 2. The number of esters is 1. The van der Waals surface area contributed by atoms with Gasteiger partial charge in [-0.05, 0) is 41.5 Å². The quantitative estimate of drug-likeness (QED) is 0.529. The Balaban J connectivity index is 4.70. The summed E-state index contributed by atoms with van der Waals surface area (Å²) in [6.45, 7) is 17.2. The van der Waals surface area contributed by atoms with Gasteiger partial charge in [-0.1, -0.05) is 42.4 Å². The van der Waals surface area contributed by atoms with Crippen LogP contribution in [0.1, 0.15) is 68.7 Å². The van der Waals surface area contributed by atoms with Gasteiger partial charge in [0.1, 0.15) is 11.2 Å². The predicted octanol–water partition coefficient (Wildman–Crippen LogP) is 4.79. The fraction of sp³-hybridized carbons (Fsp3) is 0.882. The van der Waals surface area contributed by atoms with Crippen LogP contribution in [0.2, 0.25) is 0 Å². The number of carbonyl (C=O) groups excluding carboxylic acids is 2. The molecule has 0 unspecified atom stereocenters. The Hall–Kier alpha value is -0.560. The van der Waals surface area contributed by atoms with E-state index in [9.17, 15) is 9.59 Å². The summed E-state index contributed by atoms with van der Waals surface area (Å²) in [6.07, 6.45) is -0.397. The first kappa shape index (κ1) is 23.4. The van der Waals surface area contributed by atoms with E-state index in [1.54, 1.807) is 42.4 Å². The fourth-order valence-corrected chi connectivity index (χ4v) is 4.05. The highest BCUT2D eigenvalue weighted by molar-refractivity contribution is 8.77. The van der Waals surface area contributed by atoms with Gasteiger partial charge in [0, 0.05) is 10.5 Å². The average Bonchev–Trinajstić information content (AvgIpc) is 2.20. The minimum Gasteiger partial charge on any atom is -0.460 e. The van der Waals surface area contributed by atoms with Gasteiger partial charge in [0.05, 0.1) is 12.5 Å². The second-order valence-electron chi connectivity index (χ2n) is 8.61. The molecule has 0 rings (SSSR count). The normalized spacial score (nSPS) is 14.0. The molecule has 0 bridgehead atoms. The van der Waals surface area contributed by atoms with E-state index in [1.807, 2.05) is 20.8 Å². The molecule has 0 aromatic rings. The van der Waals surface area contributed by atoms with Crippen molar-refractivity contribution in [3.63, 3.8) is 0 Å². The third-order valence-electron chi connectivity index (χ3n) is 2.13. The van der Waals surface area contributed by atoms with Crippen molar-refractivity contribution in [3.8, 4) is 0 Å². The first-order valence-corrected chi connectivity index (χ1v) is 10.4. The number of hydrogen-bond donors (Lipinski definition) is 1. The molecular formula is C17H33NO4S2. The van der Waals surface area contributed by atoms with Crippen LogP contribution in [0.5, 0.6) is 0 Å². The van der Waals surface area contributed by atoms with Crippen molar-refractivity contribution >= 4 is 33.7 Å². The third-order valence-corrected chi connectivity index (χ3v) is 5.55. The summed E-state index contributed by atoms with van der Waals surface area (Å²) >= 11 is 0. The number of nitrogens with one attached hydrogen (secondary N) is 1. The van der Waals surface area contributed by atoms with Crippen molar-refractivity contribution in [1.82, 2.24) is 5.32 Å². The van der Waals surface area contributed by atoms with Gasteiger partial charge in [-0.3, -0.25) is 4.79 Å². The summed E-state index contributed by atoms with van der Waals surface area (Å²) in [7, 11) is 3.34. The number of hydrogen-bond acceptors (Lipinski definition) is 6. The van der Waals surface area contributed by atoms with Crippen LogP contribution >= 0.6 is 21.6 Å². The number of carbonyl (C=O) groups is 2. The standard InChI is InChI=1S/C17H33NO4S2/c1-15(2,3)21-13(19)10-12(11-23-24-17(7,8)9)18-14(20)22-16(4,5)6/h12H,10-11H2,1-9H3,(H,18,20)/t12-/m0/s1. The zero-order valence-corrected chi connectivity index (χ0v) is 18.1. The van der Waals surface area contributed by atoms with Crippen LogP contribution in [0.15, 0.2) is 0 Å². The van der Waals surface area contributed by atoms with Gasteiger partial charge in [-0.2, -0.15) is 0 Å². The maximum absolute atomic E-state index is 12.1. The minimum atomic E-state index is -0.576. The molecule has 0 saturated heterocycles. The largest absolute Gasteiger partial charge is 0.460 e. The summed E-state index contributed by atoms with van der Waals surface area (Å²) in [5.41, 5.74) is -1.12. The smallest absolute Gasteiger partial charge is 0.407 e. The molecule has 1 amide bonds. The lowest BCUT2D eigenvalue weighted by molar-refractivity contribution is -0.155. The molecular weight excluding hydrogens is 346 g/mol. The molecule has 0 aromatic carbocycles. The molecule has 0 heterocycles. The molecule has 24 heavy (non-hydrogen) atoms.